The quantitative estimate of drug-likeness (QED) is 0.375. The van der Waals surface area contributed by atoms with Gasteiger partial charge in [0.1, 0.15) is 0 Å². The van der Waals surface area contributed by atoms with Crippen LogP contribution < -0.4 is 0 Å². The van der Waals surface area contributed by atoms with Gasteiger partial charge in [-0.15, -0.1) is 6.58 Å². The van der Waals surface area contributed by atoms with Crippen LogP contribution in [0.5, 0.6) is 0 Å². The third-order valence-electron chi connectivity index (χ3n) is 2.29. The Labute approximate surface area is 98.2 Å². The van der Waals surface area contributed by atoms with E-state index >= 15 is 0 Å². The molecule has 0 aliphatic rings. The van der Waals surface area contributed by atoms with Crippen LogP contribution in [-0.2, 0) is 14.2 Å². The molecule has 0 aromatic rings. The molecule has 0 heterocycles. The molecule has 0 aliphatic heterocycles. The van der Waals surface area contributed by atoms with Crippen LogP contribution in [0.1, 0.15) is 27.7 Å². The van der Waals surface area contributed by atoms with Crippen LogP contribution in [-0.4, -0.2) is 37.0 Å². The van der Waals surface area contributed by atoms with Crippen LogP contribution in [0.2, 0.25) is 0 Å². The van der Waals surface area contributed by atoms with Crippen LogP contribution >= 0.6 is 0 Å². The first-order valence-electron chi connectivity index (χ1n) is 5.60. The van der Waals surface area contributed by atoms with Crippen molar-refractivity contribution >= 4 is 0 Å². The van der Waals surface area contributed by atoms with E-state index in [2.05, 4.69) is 6.58 Å². The first-order valence-corrected chi connectivity index (χ1v) is 5.60. The van der Waals surface area contributed by atoms with E-state index in [1.165, 1.54) is 0 Å². The Balaban J connectivity index is 3.65. The highest BCUT2D eigenvalue weighted by Crippen LogP contribution is 2.19. The van der Waals surface area contributed by atoms with Gasteiger partial charge in [-0.05, 0) is 13.8 Å². The third kappa shape index (κ3) is 6.95. The Morgan fingerprint density at radius 2 is 1.94 bits per heavy atom. The van der Waals surface area contributed by atoms with Crippen molar-refractivity contribution in [2.24, 2.45) is 5.92 Å². The van der Waals surface area contributed by atoms with Crippen molar-refractivity contribution in [3.05, 3.63) is 12.7 Å². The molecule has 0 aromatic heterocycles. The van der Waals surface area contributed by atoms with E-state index in [1.54, 1.807) is 19.9 Å². The Morgan fingerprint density at radius 1 is 1.31 bits per heavy atom. The molecule has 2 atom stereocenters. The zero-order valence-corrected chi connectivity index (χ0v) is 10.7. The fourth-order valence-corrected chi connectivity index (χ4v) is 0.946. The monoisotopic (exact) mass is 232 g/mol. The maximum atomic E-state index is 9.86. The van der Waals surface area contributed by atoms with E-state index < -0.39 is 12.1 Å². The van der Waals surface area contributed by atoms with Gasteiger partial charge in [0, 0.05) is 5.92 Å². The standard InChI is InChI=1S/C12H24O4/c1-6-7-14-8-9-15-11(4)16-12(5,13)10(2)3/h6,10-11,13H,1,7-9H2,2-5H3. The SMILES string of the molecule is C=CCOCCOC(C)OC(C)(O)C(C)C. The molecule has 4 nitrogen and oxygen atoms in total. The summed E-state index contributed by atoms with van der Waals surface area (Å²) in [6, 6.07) is 0. The van der Waals surface area contributed by atoms with Gasteiger partial charge < -0.3 is 19.3 Å². The minimum atomic E-state index is -1.17. The van der Waals surface area contributed by atoms with Gasteiger partial charge in [-0.3, -0.25) is 0 Å². The van der Waals surface area contributed by atoms with E-state index in [0.717, 1.165) is 0 Å². The lowest BCUT2D eigenvalue weighted by Crippen LogP contribution is -2.38. The average molecular weight is 232 g/mol. The van der Waals surface area contributed by atoms with E-state index in [-0.39, 0.29) is 5.92 Å². The summed E-state index contributed by atoms with van der Waals surface area (Å²) in [5.74, 6) is -1.16. The largest absolute Gasteiger partial charge is 0.375 e. The summed E-state index contributed by atoms with van der Waals surface area (Å²) in [7, 11) is 0. The van der Waals surface area contributed by atoms with Crippen LogP contribution in [0.4, 0.5) is 0 Å². The highest BCUT2D eigenvalue weighted by Gasteiger charge is 2.28. The first kappa shape index (κ1) is 15.6. The molecule has 0 aliphatic carbocycles. The molecule has 0 radical (unpaired) electrons. The molecule has 0 rings (SSSR count). The maximum Gasteiger partial charge on any atom is 0.168 e. The zero-order chi connectivity index (χ0) is 12.6. The van der Waals surface area contributed by atoms with Crippen molar-refractivity contribution in [2.45, 2.75) is 39.8 Å². The van der Waals surface area contributed by atoms with Gasteiger partial charge >= 0.3 is 0 Å². The van der Waals surface area contributed by atoms with Gasteiger partial charge in [0.15, 0.2) is 12.1 Å². The Kier molecular flexibility index (Phi) is 7.58. The minimum absolute atomic E-state index is 0.00978. The highest BCUT2D eigenvalue weighted by molar-refractivity contribution is 4.65. The Bertz CT molecular complexity index is 189. The summed E-state index contributed by atoms with van der Waals surface area (Å²) in [5, 5.41) is 9.86. The number of rotatable bonds is 9. The number of hydrogen-bond acceptors (Lipinski definition) is 4. The van der Waals surface area contributed by atoms with Crippen molar-refractivity contribution < 1.29 is 19.3 Å². The molecule has 0 fully saturated rings. The van der Waals surface area contributed by atoms with Gasteiger partial charge in [0.2, 0.25) is 0 Å². The average Bonchev–Trinajstić information content (AvgIpc) is 2.16. The predicted octanol–water partition coefficient (Wildman–Crippen LogP) is 1.93. The first-order chi connectivity index (χ1) is 7.40. The number of ether oxygens (including phenoxy) is 3. The lowest BCUT2D eigenvalue weighted by atomic mass is 10.1. The molecule has 96 valence electrons. The van der Waals surface area contributed by atoms with E-state index in [9.17, 15) is 5.11 Å². The van der Waals surface area contributed by atoms with Gasteiger partial charge in [-0.2, -0.15) is 0 Å². The van der Waals surface area contributed by atoms with Crippen molar-refractivity contribution in [1.29, 1.82) is 0 Å². The number of hydrogen-bond donors (Lipinski definition) is 1. The van der Waals surface area contributed by atoms with E-state index in [0.29, 0.717) is 19.8 Å². The predicted molar refractivity (Wildman–Crippen MR) is 63.0 cm³/mol. The molecule has 0 bridgehead atoms. The fraction of sp³-hybridized carbons (Fsp3) is 0.833. The van der Waals surface area contributed by atoms with Gasteiger partial charge in [-0.25, -0.2) is 0 Å². The van der Waals surface area contributed by atoms with Crippen molar-refractivity contribution in [1.82, 2.24) is 0 Å². The van der Waals surface area contributed by atoms with Crippen molar-refractivity contribution in [3.8, 4) is 0 Å². The molecule has 4 heteroatoms. The second kappa shape index (κ2) is 7.79. The Hall–Kier alpha value is -0.420. The third-order valence-corrected chi connectivity index (χ3v) is 2.29. The molecule has 2 unspecified atom stereocenters. The lowest BCUT2D eigenvalue weighted by molar-refractivity contribution is -0.295. The van der Waals surface area contributed by atoms with Crippen molar-refractivity contribution in [3.63, 3.8) is 0 Å². The second-order valence-corrected chi connectivity index (χ2v) is 4.13. The van der Waals surface area contributed by atoms with Gasteiger partial charge in [0.05, 0.1) is 19.8 Å². The molecule has 0 saturated heterocycles. The van der Waals surface area contributed by atoms with Crippen molar-refractivity contribution in [2.75, 3.05) is 19.8 Å². The molecule has 16 heavy (non-hydrogen) atoms. The highest BCUT2D eigenvalue weighted by atomic mass is 16.7. The second-order valence-electron chi connectivity index (χ2n) is 4.13. The topological polar surface area (TPSA) is 47.9 Å². The lowest BCUT2D eigenvalue weighted by Gasteiger charge is -2.30. The molecule has 0 spiro atoms. The van der Waals surface area contributed by atoms with Crippen LogP contribution in [0.25, 0.3) is 0 Å². The molecular formula is C12H24O4. The van der Waals surface area contributed by atoms with E-state index in [1.807, 2.05) is 13.8 Å². The van der Waals surface area contributed by atoms with Gasteiger partial charge in [-0.1, -0.05) is 19.9 Å². The zero-order valence-electron chi connectivity index (χ0n) is 10.7. The van der Waals surface area contributed by atoms with E-state index in [4.69, 9.17) is 14.2 Å². The molecule has 0 aromatic carbocycles. The van der Waals surface area contributed by atoms with Crippen LogP contribution in [0, 0.1) is 5.92 Å². The summed E-state index contributed by atoms with van der Waals surface area (Å²) in [4.78, 5) is 0. The summed E-state index contributed by atoms with van der Waals surface area (Å²) >= 11 is 0. The summed E-state index contributed by atoms with van der Waals surface area (Å²) < 4.78 is 15.8. The maximum absolute atomic E-state index is 9.86. The summed E-state index contributed by atoms with van der Waals surface area (Å²) in [6.45, 7) is 12.1. The molecule has 0 amide bonds. The van der Waals surface area contributed by atoms with Gasteiger partial charge in [0.25, 0.3) is 0 Å². The summed E-state index contributed by atoms with van der Waals surface area (Å²) in [5.41, 5.74) is 0. The number of aliphatic hydroxyl groups is 1. The fourth-order valence-electron chi connectivity index (χ4n) is 0.946. The van der Waals surface area contributed by atoms with Crippen LogP contribution in [0.15, 0.2) is 12.7 Å². The minimum Gasteiger partial charge on any atom is -0.375 e. The molecular weight excluding hydrogens is 208 g/mol. The summed E-state index contributed by atoms with van der Waals surface area (Å²) in [6.07, 6.45) is 1.23. The molecule has 1 N–H and O–H groups in total. The molecule has 0 saturated carbocycles. The van der Waals surface area contributed by atoms with Crippen LogP contribution in [0.3, 0.4) is 0 Å². The Morgan fingerprint density at radius 3 is 2.44 bits per heavy atom. The normalized spacial score (nSPS) is 17.1. The smallest absolute Gasteiger partial charge is 0.168 e.